The predicted octanol–water partition coefficient (Wildman–Crippen LogP) is 2.30. The molecular weight excluding hydrogens is 308 g/mol. The van der Waals surface area contributed by atoms with Crippen LogP contribution in [0.1, 0.15) is 22.1 Å². The number of rotatable bonds is 4. The molecule has 7 heteroatoms. The van der Waals surface area contributed by atoms with Crippen LogP contribution < -0.4 is 5.32 Å². The van der Waals surface area contributed by atoms with Gasteiger partial charge in [-0.15, -0.1) is 11.3 Å². The van der Waals surface area contributed by atoms with E-state index >= 15 is 0 Å². The van der Waals surface area contributed by atoms with Crippen molar-refractivity contribution in [2.45, 2.75) is 19.3 Å². The van der Waals surface area contributed by atoms with Gasteiger partial charge in [-0.1, -0.05) is 11.8 Å². The maximum absolute atomic E-state index is 11.9. The third-order valence-electron chi connectivity index (χ3n) is 3.02. The van der Waals surface area contributed by atoms with Gasteiger partial charge in [0.2, 0.25) is 5.91 Å². The van der Waals surface area contributed by atoms with E-state index in [9.17, 15) is 14.9 Å². The topological polar surface area (TPSA) is 79.2 Å². The van der Waals surface area contributed by atoms with Crippen molar-refractivity contribution in [3.8, 4) is 6.07 Å². The minimum Gasteiger partial charge on any atom is -0.468 e. The molecule has 0 unspecified atom stereocenters. The van der Waals surface area contributed by atoms with Gasteiger partial charge in [0.1, 0.15) is 0 Å². The minimum absolute atomic E-state index is 0.0630. The number of ether oxygens (including phenoxy) is 1. The zero-order chi connectivity index (χ0) is 15.4. The van der Waals surface area contributed by atoms with Crippen molar-refractivity contribution in [2.24, 2.45) is 0 Å². The molecule has 1 aliphatic heterocycles. The Hall–Kier alpha value is -1.78. The summed E-state index contributed by atoms with van der Waals surface area (Å²) >= 11 is 2.71. The van der Waals surface area contributed by atoms with Gasteiger partial charge in [0.05, 0.1) is 29.5 Å². The number of carbonyl (C=O) groups is 2. The molecule has 1 aromatic rings. The SMILES string of the molecule is COC(=O)CSC1=C(C#N)[C@@H](c2ccc(C)s2)CC(=O)N1. The van der Waals surface area contributed by atoms with Gasteiger partial charge >= 0.3 is 5.97 Å². The summed E-state index contributed by atoms with van der Waals surface area (Å²) < 4.78 is 4.58. The molecule has 21 heavy (non-hydrogen) atoms. The summed E-state index contributed by atoms with van der Waals surface area (Å²) in [4.78, 5) is 25.2. The number of aryl methyl sites for hydroxylation is 1. The molecule has 0 radical (unpaired) electrons. The number of thiophene rings is 1. The molecule has 0 saturated carbocycles. The first-order valence-electron chi connectivity index (χ1n) is 6.25. The molecule has 1 atom stereocenters. The lowest BCUT2D eigenvalue weighted by molar-refractivity contribution is -0.137. The number of nitrogens with one attached hydrogen (secondary N) is 1. The van der Waals surface area contributed by atoms with Gasteiger partial charge < -0.3 is 10.1 Å². The van der Waals surface area contributed by atoms with Crippen molar-refractivity contribution in [2.75, 3.05) is 12.9 Å². The summed E-state index contributed by atoms with van der Waals surface area (Å²) in [6.45, 7) is 1.99. The van der Waals surface area contributed by atoms with Gasteiger partial charge in [-0.25, -0.2) is 0 Å². The van der Waals surface area contributed by atoms with Crippen molar-refractivity contribution >= 4 is 35.0 Å². The Morgan fingerprint density at radius 1 is 1.62 bits per heavy atom. The van der Waals surface area contributed by atoms with Crippen LogP contribution in [-0.4, -0.2) is 24.7 Å². The molecule has 1 N–H and O–H groups in total. The highest BCUT2D eigenvalue weighted by Gasteiger charge is 2.30. The molecule has 0 saturated heterocycles. The van der Waals surface area contributed by atoms with Gasteiger partial charge in [0.15, 0.2) is 0 Å². The van der Waals surface area contributed by atoms with Gasteiger partial charge in [-0.2, -0.15) is 5.26 Å². The van der Waals surface area contributed by atoms with Gasteiger partial charge in [-0.05, 0) is 19.1 Å². The molecule has 1 aliphatic rings. The van der Waals surface area contributed by atoms with Crippen molar-refractivity contribution in [1.29, 1.82) is 5.26 Å². The highest BCUT2D eigenvalue weighted by molar-refractivity contribution is 8.03. The molecule has 0 spiro atoms. The average molecular weight is 322 g/mol. The number of hydrogen-bond acceptors (Lipinski definition) is 6. The minimum atomic E-state index is -0.395. The van der Waals surface area contributed by atoms with Crippen LogP contribution in [0.3, 0.4) is 0 Å². The number of carbonyl (C=O) groups excluding carboxylic acids is 2. The van der Waals surface area contributed by atoms with E-state index in [2.05, 4.69) is 16.1 Å². The molecule has 1 amide bonds. The number of hydrogen-bond donors (Lipinski definition) is 1. The first-order chi connectivity index (χ1) is 10.0. The van der Waals surface area contributed by atoms with Crippen molar-refractivity contribution in [3.05, 3.63) is 32.5 Å². The van der Waals surface area contributed by atoms with E-state index in [0.717, 1.165) is 21.5 Å². The van der Waals surface area contributed by atoms with Crippen LogP contribution in [0.2, 0.25) is 0 Å². The van der Waals surface area contributed by atoms with Crippen molar-refractivity contribution in [3.63, 3.8) is 0 Å². The zero-order valence-corrected chi connectivity index (χ0v) is 13.3. The van der Waals surface area contributed by atoms with Crippen molar-refractivity contribution < 1.29 is 14.3 Å². The molecule has 1 aromatic heterocycles. The molecule has 0 aromatic carbocycles. The standard InChI is InChI=1S/C14H14N2O3S2/c1-8-3-4-11(21-8)9-5-12(17)16-14(10(9)6-15)20-7-13(18)19-2/h3-4,9H,5,7H2,1-2H3,(H,16,17)/t9-/m0/s1. The van der Waals surface area contributed by atoms with E-state index in [0.29, 0.717) is 10.6 Å². The van der Waals surface area contributed by atoms with Crippen LogP contribution in [0, 0.1) is 18.3 Å². The molecule has 0 aliphatic carbocycles. The Balaban J connectivity index is 2.30. The number of amides is 1. The maximum Gasteiger partial charge on any atom is 0.316 e. The van der Waals surface area contributed by atoms with Gasteiger partial charge in [-0.3, -0.25) is 9.59 Å². The molecule has 0 bridgehead atoms. The third kappa shape index (κ3) is 3.65. The lowest BCUT2D eigenvalue weighted by atomic mass is 9.92. The lowest BCUT2D eigenvalue weighted by Gasteiger charge is -2.23. The second-order valence-corrected chi connectivity index (χ2v) is 6.78. The van der Waals surface area contributed by atoms with Gasteiger partial charge in [0, 0.05) is 22.1 Å². The van der Waals surface area contributed by atoms with Crippen LogP contribution in [0.15, 0.2) is 22.7 Å². The fourth-order valence-corrected chi connectivity index (χ4v) is 3.90. The van der Waals surface area contributed by atoms with Crippen LogP contribution in [0.5, 0.6) is 0 Å². The highest BCUT2D eigenvalue weighted by atomic mass is 32.2. The Morgan fingerprint density at radius 3 is 2.95 bits per heavy atom. The summed E-state index contributed by atoms with van der Waals surface area (Å²) in [6, 6.07) is 6.10. The summed E-state index contributed by atoms with van der Waals surface area (Å²) in [5.74, 6) is -0.707. The van der Waals surface area contributed by atoms with E-state index in [-0.39, 0.29) is 24.0 Å². The summed E-state index contributed by atoms with van der Waals surface area (Å²) in [5, 5.41) is 12.6. The second-order valence-electron chi connectivity index (χ2n) is 4.47. The molecule has 2 heterocycles. The normalized spacial score (nSPS) is 18.1. The van der Waals surface area contributed by atoms with Crippen LogP contribution in [0.4, 0.5) is 0 Å². The molecular formula is C14H14N2O3S2. The van der Waals surface area contributed by atoms with Crippen LogP contribution >= 0.6 is 23.1 Å². The zero-order valence-electron chi connectivity index (χ0n) is 11.6. The first-order valence-corrected chi connectivity index (χ1v) is 8.05. The van der Waals surface area contributed by atoms with Crippen LogP contribution in [-0.2, 0) is 14.3 Å². The van der Waals surface area contributed by atoms with E-state index < -0.39 is 5.97 Å². The molecule has 2 rings (SSSR count). The van der Waals surface area contributed by atoms with E-state index in [1.165, 1.54) is 7.11 Å². The predicted molar refractivity (Wildman–Crippen MR) is 81.7 cm³/mol. The fourth-order valence-electron chi connectivity index (χ4n) is 2.01. The summed E-state index contributed by atoms with van der Waals surface area (Å²) in [7, 11) is 1.30. The fraction of sp³-hybridized carbons (Fsp3) is 0.357. The quantitative estimate of drug-likeness (QED) is 0.861. The highest BCUT2D eigenvalue weighted by Crippen LogP contribution is 2.38. The molecule has 5 nitrogen and oxygen atoms in total. The number of nitriles is 1. The smallest absolute Gasteiger partial charge is 0.316 e. The first kappa shape index (κ1) is 15.6. The third-order valence-corrected chi connectivity index (χ3v) is 5.13. The van der Waals surface area contributed by atoms with Gasteiger partial charge in [0.25, 0.3) is 0 Å². The Kier molecular flexibility index (Phi) is 5.04. The lowest BCUT2D eigenvalue weighted by Crippen LogP contribution is -2.31. The maximum atomic E-state index is 11.9. The largest absolute Gasteiger partial charge is 0.468 e. The van der Waals surface area contributed by atoms with E-state index in [4.69, 9.17) is 0 Å². The number of esters is 1. The Morgan fingerprint density at radius 2 is 2.38 bits per heavy atom. The average Bonchev–Trinajstić information content (AvgIpc) is 2.90. The number of thioether (sulfide) groups is 1. The summed E-state index contributed by atoms with van der Waals surface area (Å²) in [5.41, 5.74) is 0.505. The number of nitrogens with zero attached hydrogens (tertiary/aromatic N) is 1. The molecule has 0 fully saturated rings. The second kappa shape index (κ2) is 6.78. The Bertz CT molecular complexity index is 643. The monoisotopic (exact) mass is 322 g/mol. The van der Waals surface area contributed by atoms with Crippen LogP contribution in [0.25, 0.3) is 0 Å². The summed E-state index contributed by atoms with van der Waals surface area (Å²) in [6.07, 6.45) is 0.255. The number of methoxy groups -OCH3 is 1. The van der Waals surface area contributed by atoms with Crippen molar-refractivity contribution in [1.82, 2.24) is 5.32 Å². The van der Waals surface area contributed by atoms with E-state index in [1.54, 1.807) is 11.3 Å². The Labute approximate surface area is 131 Å². The number of allylic oxidation sites excluding steroid dienone is 1. The van der Waals surface area contributed by atoms with E-state index in [1.807, 2.05) is 19.1 Å². The molecule has 110 valence electrons.